The molecule has 0 saturated carbocycles. The fraction of sp³-hybridized carbons (Fsp3) is 0.214. The average Bonchev–Trinajstić information content (AvgIpc) is 2.94. The Morgan fingerprint density at radius 3 is 2.95 bits per heavy atom. The van der Waals surface area contributed by atoms with Crippen molar-refractivity contribution in [1.29, 1.82) is 0 Å². The number of ketones is 1. The molecule has 0 N–H and O–H groups in total. The van der Waals surface area contributed by atoms with E-state index in [1.54, 1.807) is 25.1 Å². The van der Waals surface area contributed by atoms with Crippen molar-refractivity contribution in [2.24, 2.45) is 0 Å². The number of carbonyl (C=O) groups is 1. The van der Waals surface area contributed by atoms with E-state index in [-0.39, 0.29) is 24.7 Å². The highest BCUT2D eigenvalue weighted by Crippen LogP contribution is 2.32. The highest BCUT2D eigenvalue weighted by atomic mass is 79.9. The molecule has 1 aliphatic rings. The Hall–Kier alpha value is -2.15. The Morgan fingerprint density at radius 1 is 1.38 bits per heavy atom. The van der Waals surface area contributed by atoms with Gasteiger partial charge in [-0.15, -0.1) is 0 Å². The number of benzene rings is 1. The molecule has 1 aliphatic heterocycles. The minimum Gasteiger partial charge on any atom is -0.454 e. The summed E-state index contributed by atoms with van der Waals surface area (Å²) < 4.78 is 12.1. The highest BCUT2D eigenvalue weighted by Gasteiger charge is 2.17. The number of hydrogen-bond acceptors (Lipinski definition) is 5. The lowest BCUT2D eigenvalue weighted by atomic mass is 10.1. The SMILES string of the molecule is Cc1ncc(Br)c(=O)n1CC(=O)c1ccc2c(c1)OCO2. The van der Waals surface area contributed by atoms with E-state index in [2.05, 4.69) is 20.9 Å². The van der Waals surface area contributed by atoms with Gasteiger partial charge < -0.3 is 9.47 Å². The van der Waals surface area contributed by atoms with Gasteiger partial charge in [-0.05, 0) is 41.1 Å². The molecule has 108 valence electrons. The van der Waals surface area contributed by atoms with Crippen LogP contribution in [-0.4, -0.2) is 22.1 Å². The lowest BCUT2D eigenvalue weighted by Gasteiger charge is -2.09. The Morgan fingerprint density at radius 2 is 2.14 bits per heavy atom. The van der Waals surface area contributed by atoms with E-state index in [4.69, 9.17) is 9.47 Å². The molecule has 0 aliphatic carbocycles. The van der Waals surface area contributed by atoms with E-state index >= 15 is 0 Å². The fourth-order valence-electron chi connectivity index (χ4n) is 2.04. The number of rotatable bonds is 3. The summed E-state index contributed by atoms with van der Waals surface area (Å²) in [6.07, 6.45) is 1.43. The zero-order chi connectivity index (χ0) is 15.0. The first kappa shape index (κ1) is 13.8. The summed E-state index contributed by atoms with van der Waals surface area (Å²) in [5, 5.41) is 0. The van der Waals surface area contributed by atoms with Crippen molar-refractivity contribution in [3.05, 3.63) is 50.6 Å². The van der Waals surface area contributed by atoms with E-state index in [1.165, 1.54) is 10.8 Å². The lowest BCUT2D eigenvalue weighted by molar-refractivity contribution is 0.0969. The fourth-order valence-corrected chi connectivity index (χ4v) is 2.36. The van der Waals surface area contributed by atoms with Gasteiger partial charge in [0, 0.05) is 11.8 Å². The first-order chi connectivity index (χ1) is 10.1. The van der Waals surface area contributed by atoms with Crippen LogP contribution in [0.5, 0.6) is 11.5 Å². The van der Waals surface area contributed by atoms with Crippen molar-refractivity contribution in [3.8, 4) is 11.5 Å². The molecular formula is C14H11BrN2O4. The second-order valence-corrected chi connectivity index (χ2v) is 5.39. The number of nitrogens with zero attached hydrogens (tertiary/aromatic N) is 2. The Bertz CT molecular complexity index is 785. The molecule has 0 unspecified atom stereocenters. The maximum Gasteiger partial charge on any atom is 0.268 e. The molecule has 0 saturated heterocycles. The van der Waals surface area contributed by atoms with Crippen LogP contribution in [0.1, 0.15) is 16.2 Å². The van der Waals surface area contributed by atoms with Crippen LogP contribution in [0.4, 0.5) is 0 Å². The summed E-state index contributed by atoms with van der Waals surface area (Å²) in [6.45, 7) is 1.76. The zero-order valence-electron chi connectivity index (χ0n) is 11.1. The van der Waals surface area contributed by atoms with E-state index < -0.39 is 0 Å². The van der Waals surface area contributed by atoms with Crippen LogP contribution >= 0.6 is 15.9 Å². The molecule has 1 aromatic heterocycles. The van der Waals surface area contributed by atoms with Crippen LogP contribution in [0.15, 0.2) is 33.7 Å². The van der Waals surface area contributed by atoms with Crippen molar-refractivity contribution in [2.45, 2.75) is 13.5 Å². The normalized spacial score (nSPS) is 12.5. The Labute approximate surface area is 128 Å². The molecule has 0 radical (unpaired) electrons. The monoisotopic (exact) mass is 350 g/mol. The molecule has 7 heteroatoms. The first-order valence-corrected chi connectivity index (χ1v) is 7.00. The van der Waals surface area contributed by atoms with Crippen molar-refractivity contribution < 1.29 is 14.3 Å². The molecule has 2 heterocycles. The number of aromatic nitrogens is 2. The Kier molecular flexibility index (Phi) is 3.50. The third kappa shape index (κ3) is 2.56. The molecule has 0 atom stereocenters. The lowest BCUT2D eigenvalue weighted by Crippen LogP contribution is -2.27. The van der Waals surface area contributed by atoms with Crippen LogP contribution < -0.4 is 15.0 Å². The zero-order valence-corrected chi connectivity index (χ0v) is 12.7. The number of aryl methyl sites for hydroxylation is 1. The summed E-state index contributed by atoms with van der Waals surface area (Å²) in [5.41, 5.74) is 0.183. The molecule has 0 amide bonds. The quantitative estimate of drug-likeness (QED) is 0.791. The van der Waals surface area contributed by atoms with Gasteiger partial charge in [0.25, 0.3) is 5.56 Å². The summed E-state index contributed by atoms with van der Waals surface area (Å²) in [5.74, 6) is 1.44. The molecule has 3 rings (SSSR count). The van der Waals surface area contributed by atoms with Gasteiger partial charge >= 0.3 is 0 Å². The van der Waals surface area contributed by atoms with E-state index in [9.17, 15) is 9.59 Å². The Balaban J connectivity index is 1.91. The third-order valence-electron chi connectivity index (χ3n) is 3.20. The summed E-state index contributed by atoms with van der Waals surface area (Å²) in [7, 11) is 0. The van der Waals surface area contributed by atoms with Gasteiger partial charge in [-0.2, -0.15) is 0 Å². The predicted molar refractivity (Wildman–Crippen MR) is 77.8 cm³/mol. The topological polar surface area (TPSA) is 70.4 Å². The van der Waals surface area contributed by atoms with Crippen LogP contribution in [0.2, 0.25) is 0 Å². The molecule has 0 fully saturated rings. The predicted octanol–water partition coefficient (Wildman–Crippen LogP) is 1.93. The molecular weight excluding hydrogens is 340 g/mol. The van der Waals surface area contributed by atoms with Crippen molar-refractivity contribution in [3.63, 3.8) is 0 Å². The van der Waals surface area contributed by atoms with E-state index in [1.807, 2.05) is 0 Å². The van der Waals surface area contributed by atoms with Crippen LogP contribution in [0, 0.1) is 6.92 Å². The number of hydrogen-bond donors (Lipinski definition) is 0. The summed E-state index contributed by atoms with van der Waals surface area (Å²) >= 11 is 3.12. The number of carbonyl (C=O) groups excluding carboxylic acids is 1. The number of halogens is 1. The number of fused-ring (bicyclic) bond motifs is 1. The van der Waals surface area contributed by atoms with Crippen LogP contribution in [-0.2, 0) is 6.54 Å². The van der Waals surface area contributed by atoms with Crippen LogP contribution in [0.3, 0.4) is 0 Å². The standard InChI is InChI=1S/C14H11BrN2O4/c1-8-16-5-10(15)14(19)17(8)6-11(18)9-2-3-12-13(4-9)21-7-20-12/h2-5H,6-7H2,1H3. The largest absolute Gasteiger partial charge is 0.454 e. The summed E-state index contributed by atoms with van der Waals surface area (Å²) in [6, 6.07) is 4.96. The second-order valence-electron chi connectivity index (χ2n) is 4.54. The highest BCUT2D eigenvalue weighted by molar-refractivity contribution is 9.10. The summed E-state index contributed by atoms with van der Waals surface area (Å²) in [4.78, 5) is 28.4. The van der Waals surface area contributed by atoms with E-state index in [0.717, 1.165) is 0 Å². The molecule has 0 bridgehead atoms. The maximum absolute atomic E-state index is 12.3. The van der Waals surface area contributed by atoms with Crippen molar-refractivity contribution in [2.75, 3.05) is 6.79 Å². The average molecular weight is 351 g/mol. The van der Waals surface area contributed by atoms with Gasteiger partial charge in [-0.1, -0.05) is 0 Å². The second kappa shape index (κ2) is 5.33. The van der Waals surface area contributed by atoms with Crippen LogP contribution in [0.25, 0.3) is 0 Å². The minimum absolute atomic E-state index is 0.0727. The smallest absolute Gasteiger partial charge is 0.268 e. The van der Waals surface area contributed by atoms with Gasteiger partial charge in [-0.3, -0.25) is 14.2 Å². The molecule has 2 aromatic rings. The maximum atomic E-state index is 12.3. The van der Waals surface area contributed by atoms with Crippen molar-refractivity contribution in [1.82, 2.24) is 9.55 Å². The first-order valence-electron chi connectivity index (χ1n) is 6.21. The molecule has 6 nitrogen and oxygen atoms in total. The third-order valence-corrected chi connectivity index (χ3v) is 3.75. The van der Waals surface area contributed by atoms with Gasteiger partial charge in [0.15, 0.2) is 17.3 Å². The van der Waals surface area contributed by atoms with E-state index in [0.29, 0.717) is 27.4 Å². The molecule has 0 spiro atoms. The van der Waals surface area contributed by atoms with Gasteiger partial charge in [0.1, 0.15) is 10.3 Å². The van der Waals surface area contributed by atoms with Crippen molar-refractivity contribution >= 4 is 21.7 Å². The minimum atomic E-state index is -0.281. The van der Waals surface area contributed by atoms with Gasteiger partial charge in [0.2, 0.25) is 6.79 Å². The van der Waals surface area contributed by atoms with Gasteiger partial charge in [-0.25, -0.2) is 4.98 Å². The number of Topliss-reactive ketones (excluding diaryl/α,β-unsaturated/α-hetero) is 1. The molecule has 21 heavy (non-hydrogen) atoms. The van der Waals surface area contributed by atoms with Gasteiger partial charge in [0.05, 0.1) is 6.54 Å². The molecule has 1 aromatic carbocycles. The number of ether oxygens (including phenoxy) is 2.